The van der Waals surface area contributed by atoms with Crippen molar-refractivity contribution in [1.29, 1.82) is 0 Å². The molecule has 0 aliphatic heterocycles. The van der Waals surface area contributed by atoms with Gasteiger partial charge < -0.3 is 10.3 Å². The highest BCUT2D eigenvalue weighted by Gasteiger charge is 2.18. The molecular formula is C7H5Cl2NO4. The van der Waals surface area contributed by atoms with Crippen molar-refractivity contribution in [2.75, 3.05) is 0 Å². The smallest absolute Gasteiger partial charge is 0.337 e. The Hall–Kier alpha value is -0.850. The Labute approximate surface area is 88.6 Å². The third-order valence-corrected chi connectivity index (χ3v) is 2.12. The van der Waals surface area contributed by atoms with Gasteiger partial charge in [0.15, 0.2) is 5.69 Å². The summed E-state index contributed by atoms with van der Waals surface area (Å²) in [4.78, 5) is 10.6. The summed E-state index contributed by atoms with van der Waals surface area (Å²) in [5, 5.41) is 26.3. The van der Waals surface area contributed by atoms with Gasteiger partial charge in [-0.3, -0.25) is 0 Å². The van der Waals surface area contributed by atoms with Crippen LogP contribution in [0.4, 0.5) is 5.69 Å². The highest BCUT2D eigenvalue weighted by atomic mass is 35.5. The van der Waals surface area contributed by atoms with E-state index in [9.17, 15) is 10.0 Å². The Morgan fingerprint density at radius 2 is 2.00 bits per heavy atom. The van der Waals surface area contributed by atoms with E-state index in [0.717, 1.165) is 12.1 Å². The molecule has 0 spiro atoms. The summed E-state index contributed by atoms with van der Waals surface area (Å²) in [5.74, 6) is -1.32. The van der Waals surface area contributed by atoms with E-state index in [-0.39, 0.29) is 21.3 Å². The molecule has 76 valence electrons. The van der Waals surface area contributed by atoms with Crippen molar-refractivity contribution in [3.05, 3.63) is 32.9 Å². The molecule has 1 rings (SSSR count). The lowest BCUT2D eigenvalue weighted by Gasteiger charge is -2.14. The molecule has 3 N–H and O–H groups in total. The van der Waals surface area contributed by atoms with Gasteiger partial charge in [0, 0.05) is 11.1 Å². The van der Waals surface area contributed by atoms with Crippen molar-refractivity contribution < 1.29 is 20.3 Å². The van der Waals surface area contributed by atoms with E-state index in [0.29, 0.717) is 0 Å². The van der Waals surface area contributed by atoms with Crippen LogP contribution in [0.5, 0.6) is 0 Å². The molecule has 1 atom stereocenters. The van der Waals surface area contributed by atoms with Gasteiger partial charge in [-0.15, -0.1) is 0 Å². The van der Waals surface area contributed by atoms with E-state index in [4.69, 9.17) is 33.5 Å². The van der Waals surface area contributed by atoms with Gasteiger partial charge in [0.1, 0.15) is 5.02 Å². The van der Waals surface area contributed by atoms with Gasteiger partial charge in [-0.25, -0.2) is 10.0 Å². The van der Waals surface area contributed by atoms with Crippen molar-refractivity contribution in [2.24, 2.45) is 0 Å². The number of benzene rings is 1. The van der Waals surface area contributed by atoms with Crippen molar-refractivity contribution in [2.45, 2.75) is 0 Å². The van der Waals surface area contributed by atoms with Crippen LogP contribution in [0.3, 0.4) is 0 Å². The molecule has 5 nitrogen and oxygen atoms in total. The van der Waals surface area contributed by atoms with Crippen molar-refractivity contribution in [1.82, 2.24) is 0 Å². The van der Waals surface area contributed by atoms with E-state index in [1.165, 1.54) is 0 Å². The molecule has 0 radical (unpaired) electrons. The molecule has 0 bridgehead atoms. The van der Waals surface area contributed by atoms with E-state index in [1.54, 1.807) is 0 Å². The maximum atomic E-state index is 10.6. The molecule has 0 saturated carbocycles. The number of hydrogen-bond acceptors (Lipinski definition) is 3. The van der Waals surface area contributed by atoms with Crippen LogP contribution in [-0.4, -0.2) is 16.3 Å². The van der Waals surface area contributed by atoms with Gasteiger partial charge in [-0.2, -0.15) is 5.23 Å². The molecule has 0 heterocycles. The maximum absolute atomic E-state index is 10.6. The predicted octanol–water partition coefficient (Wildman–Crippen LogP) is 1.09. The second-order valence-corrected chi connectivity index (χ2v) is 3.24. The quantitative estimate of drug-likeness (QED) is 0.673. The summed E-state index contributed by atoms with van der Waals surface area (Å²) in [5.41, 5.74) is -0.645. The average molecular weight is 238 g/mol. The van der Waals surface area contributed by atoms with E-state index in [2.05, 4.69) is 0 Å². The second-order valence-electron chi connectivity index (χ2n) is 2.43. The number of nitrogens with one attached hydrogen (secondary N) is 1. The summed E-state index contributed by atoms with van der Waals surface area (Å²) in [7, 11) is 0. The molecule has 7 heteroatoms. The highest BCUT2D eigenvalue weighted by molar-refractivity contribution is 6.37. The van der Waals surface area contributed by atoms with E-state index in [1.807, 2.05) is 0 Å². The summed E-state index contributed by atoms with van der Waals surface area (Å²) >= 11 is 11.1. The normalized spacial score (nSPS) is 12.6. The third-order valence-electron chi connectivity index (χ3n) is 1.50. The first kappa shape index (κ1) is 11.2. The number of halogens is 2. The number of quaternary nitrogens is 1. The summed E-state index contributed by atoms with van der Waals surface area (Å²) in [6.07, 6.45) is 0. The molecule has 0 fully saturated rings. The minimum absolute atomic E-state index is 0.0178. The van der Waals surface area contributed by atoms with Crippen molar-refractivity contribution in [3.8, 4) is 0 Å². The van der Waals surface area contributed by atoms with Gasteiger partial charge in [0.25, 0.3) is 0 Å². The standard InChI is InChI=1S/C7H5Cl2NO4/c8-3-1-4(7(11)12)6(9)5(2-3)10(13)14/h1-2,10,13H,(H,11,12). The minimum Gasteiger partial charge on any atom is -0.595 e. The third kappa shape index (κ3) is 2.14. The van der Waals surface area contributed by atoms with Gasteiger partial charge in [-0.05, 0) is 6.07 Å². The number of carboxylic acid groups (broad SMARTS) is 1. The van der Waals surface area contributed by atoms with Gasteiger partial charge in [0.2, 0.25) is 0 Å². The van der Waals surface area contributed by atoms with Gasteiger partial charge >= 0.3 is 5.97 Å². The molecule has 0 aromatic heterocycles. The number of hydrogen-bond donors (Lipinski definition) is 3. The zero-order valence-electron chi connectivity index (χ0n) is 6.62. The maximum Gasteiger partial charge on any atom is 0.337 e. The van der Waals surface area contributed by atoms with Crippen LogP contribution < -0.4 is 5.23 Å². The minimum atomic E-state index is -1.32. The lowest BCUT2D eigenvalue weighted by atomic mass is 10.2. The number of rotatable bonds is 2. The summed E-state index contributed by atoms with van der Waals surface area (Å²) < 4.78 is 0. The fourth-order valence-electron chi connectivity index (χ4n) is 0.900. The Morgan fingerprint density at radius 3 is 2.43 bits per heavy atom. The molecule has 0 aliphatic rings. The Morgan fingerprint density at radius 1 is 1.43 bits per heavy atom. The van der Waals surface area contributed by atoms with Gasteiger partial charge in [0.05, 0.1) is 5.56 Å². The van der Waals surface area contributed by atoms with Crippen LogP contribution in [0, 0.1) is 5.21 Å². The molecule has 0 saturated heterocycles. The van der Waals surface area contributed by atoms with Crippen LogP contribution in [0.1, 0.15) is 10.4 Å². The molecular weight excluding hydrogens is 233 g/mol. The monoisotopic (exact) mass is 237 g/mol. The van der Waals surface area contributed by atoms with Gasteiger partial charge in [-0.1, -0.05) is 23.2 Å². The average Bonchev–Trinajstić information content (AvgIpc) is 2.07. The fraction of sp³-hybridized carbons (Fsp3) is 0. The first-order chi connectivity index (χ1) is 6.43. The van der Waals surface area contributed by atoms with Crippen LogP contribution >= 0.6 is 23.2 Å². The lowest BCUT2D eigenvalue weighted by molar-refractivity contribution is -0.991. The first-order valence-electron chi connectivity index (χ1n) is 3.39. The lowest BCUT2D eigenvalue weighted by Crippen LogP contribution is -2.99. The molecule has 1 unspecified atom stereocenters. The SMILES string of the molecule is O=C(O)c1cc(Cl)cc([NH+]([O-])O)c1Cl. The Kier molecular flexibility index (Phi) is 3.30. The molecule has 0 aliphatic carbocycles. The molecule has 0 amide bonds. The summed E-state index contributed by atoms with van der Waals surface area (Å²) in [6.45, 7) is 0. The Bertz CT molecular complexity index is 380. The second kappa shape index (κ2) is 4.12. The first-order valence-corrected chi connectivity index (χ1v) is 4.14. The van der Waals surface area contributed by atoms with E-state index < -0.39 is 11.2 Å². The number of aromatic carboxylic acids is 1. The van der Waals surface area contributed by atoms with Crippen molar-refractivity contribution >= 4 is 34.9 Å². The topological polar surface area (TPSA) is 85.0 Å². The van der Waals surface area contributed by atoms with Crippen LogP contribution in [0.15, 0.2) is 12.1 Å². The zero-order valence-corrected chi connectivity index (χ0v) is 8.13. The van der Waals surface area contributed by atoms with E-state index >= 15 is 0 Å². The van der Waals surface area contributed by atoms with Crippen LogP contribution in [0.25, 0.3) is 0 Å². The predicted molar refractivity (Wildman–Crippen MR) is 49.2 cm³/mol. The number of carbonyl (C=O) groups is 1. The Balaban J connectivity index is 3.40. The molecule has 1 aromatic carbocycles. The molecule has 14 heavy (non-hydrogen) atoms. The fourth-order valence-corrected chi connectivity index (χ4v) is 1.39. The number of carboxylic acids is 1. The van der Waals surface area contributed by atoms with Crippen LogP contribution in [0.2, 0.25) is 10.0 Å². The summed E-state index contributed by atoms with van der Waals surface area (Å²) in [6, 6.07) is 2.19. The van der Waals surface area contributed by atoms with Crippen LogP contribution in [-0.2, 0) is 0 Å². The largest absolute Gasteiger partial charge is 0.595 e. The highest BCUT2D eigenvalue weighted by Crippen LogP contribution is 2.27. The van der Waals surface area contributed by atoms with Crippen molar-refractivity contribution in [3.63, 3.8) is 0 Å². The zero-order chi connectivity index (χ0) is 10.9. The molecule has 1 aromatic rings.